The topological polar surface area (TPSA) is 102 Å². The molecule has 0 amide bonds. The lowest BCUT2D eigenvalue weighted by Gasteiger charge is -2.45. The molecule has 0 heterocycles. The molecule has 0 saturated heterocycles. The molecule has 0 unspecified atom stereocenters. The normalized spacial score (nSPS) is 20.1. The molecule has 0 spiro atoms. The minimum Gasteiger partial charge on any atom is -0.222 e. The number of fused-ring (bicyclic) bond motifs is 1. The van der Waals surface area contributed by atoms with Gasteiger partial charge >= 0.3 is 0 Å². The molecule has 2 aliphatic rings. The SMILES string of the molecule is O=S(=O)(C1=C2CC[C@H]2CC(S(=O)(=O)c2ccccc2)(S(=O)(=O)c2ccccc2)C1)c1ccccc1. The van der Waals surface area contributed by atoms with Crippen molar-refractivity contribution in [2.75, 3.05) is 0 Å². The minimum absolute atomic E-state index is 0.0261. The van der Waals surface area contributed by atoms with Crippen LogP contribution in [0.15, 0.2) is 116 Å². The molecule has 35 heavy (non-hydrogen) atoms. The van der Waals surface area contributed by atoms with Gasteiger partial charge in [0.15, 0.2) is 23.8 Å². The maximum atomic E-state index is 14.2. The molecule has 9 heteroatoms. The van der Waals surface area contributed by atoms with Crippen LogP contribution in [-0.2, 0) is 29.5 Å². The first-order valence-electron chi connectivity index (χ1n) is 11.2. The standard InChI is InChI=1S/C26H24O6S3/c27-33(28,21-10-4-1-5-11-21)25-19-26(18-20-16-17-24(20)25,34(29,30)22-12-6-2-7-13-22)35(31,32)23-14-8-3-9-15-23/h1-15,20H,16-19H2/t20-/m0/s1. The van der Waals surface area contributed by atoms with Gasteiger partial charge in [0.2, 0.25) is 9.84 Å². The van der Waals surface area contributed by atoms with Crippen molar-refractivity contribution in [3.63, 3.8) is 0 Å². The molecule has 1 saturated carbocycles. The quantitative estimate of drug-likeness (QED) is 0.465. The molecule has 3 aromatic carbocycles. The van der Waals surface area contributed by atoms with Gasteiger partial charge in [0.1, 0.15) is 0 Å². The highest BCUT2D eigenvalue weighted by atomic mass is 32.3. The summed E-state index contributed by atoms with van der Waals surface area (Å²) in [4.78, 5) is -0.333. The van der Waals surface area contributed by atoms with Crippen molar-refractivity contribution in [3.8, 4) is 0 Å². The minimum atomic E-state index is -4.51. The van der Waals surface area contributed by atoms with Crippen LogP contribution in [0.2, 0.25) is 0 Å². The zero-order valence-corrected chi connectivity index (χ0v) is 21.2. The molecule has 0 bridgehead atoms. The van der Waals surface area contributed by atoms with E-state index < -0.39 is 45.9 Å². The van der Waals surface area contributed by atoms with Crippen molar-refractivity contribution in [1.29, 1.82) is 0 Å². The Balaban J connectivity index is 1.79. The average molecular weight is 529 g/mol. The van der Waals surface area contributed by atoms with Gasteiger partial charge in [-0.15, -0.1) is 0 Å². The first-order valence-corrected chi connectivity index (χ1v) is 15.7. The summed E-state index contributed by atoms with van der Waals surface area (Å²) in [6, 6.07) is 22.6. The monoisotopic (exact) mass is 528 g/mol. The van der Waals surface area contributed by atoms with E-state index >= 15 is 0 Å². The molecule has 2 aliphatic carbocycles. The predicted octanol–water partition coefficient (Wildman–Crippen LogP) is 4.56. The van der Waals surface area contributed by atoms with Crippen LogP contribution in [0.3, 0.4) is 0 Å². The Kier molecular flexibility index (Phi) is 5.77. The molecular weight excluding hydrogens is 504 g/mol. The first-order chi connectivity index (χ1) is 16.6. The van der Waals surface area contributed by atoms with Gasteiger partial charge in [-0.2, -0.15) is 0 Å². The molecule has 182 valence electrons. The highest BCUT2D eigenvalue weighted by molar-refractivity contribution is 8.10. The Bertz CT molecular complexity index is 1540. The maximum absolute atomic E-state index is 14.2. The van der Waals surface area contributed by atoms with E-state index in [0.29, 0.717) is 18.4 Å². The van der Waals surface area contributed by atoms with E-state index in [-0.39, 0.29) is 26.0 Å². The summed E-state index contributed by atoms with van der Waals surface area (Å²) >= 11 is 0. The lowest BCUT2D eigenvalue weighted by molar-refractivity contribution is 0.354. The van der Waals surface area contributed by atoms with Crippen LogP contribution in [0, 0.1) is 5.92 Å². The predicted molar refractivity (Wildman–Crippen MR) is 133 cm³/mol. The van der Waals surface area contributed by atoms with Gasteiger partial charge in [-0.05, 0) is 61.6 Å². The molecule has 0 aromatic heterocycles. The van der Waals surface area contributed by atoms with Crippen LogP contribution in [0.1, 0.15) is 25.7 Å². The summed E-state index contributed by atoms with van der Waals surface area (Å²) < 4.78 is 82.0. The van der Waals surface area contributed by atoms with Crippen molar-refractivity contribution < 1.29 is 25.3 Å². The van der Waals surface area contributed by atoms with Crippen LogP contribution >= 0.6 is 0 Å². The van der Waals surface area contributed by atoms with Gasteiger partial charge in [0.25, 0.3) is 0 Å². The fourth-order valence-corrected chi connectivity index (χ4v) is 12.2. The van der Waals surface area contributed by atoms with Gasteiger partial charge in [-0.25, -0.2) is 25.3 Å². The van der Waals surface area contributed by atoms with E-state index in [9.17, 15) is 25.3 Å². The van der Waals surface area contributed by atoms with Crippen molar-refractivity contribution in [1.82, 2.24) is 0 Å². The van der Waals surface area contributed by atoms with Crippen molar-refractivity contribution in [2.24, 2.45) is 5.92 Å². The van der Waals surface area contributed by atoms with E-state index in [1.54, 1.807) is 30.3 Å². The second-order valence-corrected chi connectivity index (χ2v) is 15.7. The highest BCUT2D eigenvalue weighted by Gasteiger charge is 2.62. The van der Waals surface area contributed by atoms with E-state index in [1.807, 2.05) is 0 Å². The second-order valence-electron chi connectivity index (χ2n) is 8.93. The molecule has 3 aromatic rings. The van der Waals surface area contributed by atoms with Crippen LogP contribution in [0.4, 0.5) is 0 Å². The van der Waals surface area contributed by atoms with Crippen LogP contribution in [-0.4, -0.2) is 29.3 Å². The Labute approximate surface area is 206 Å². The summed E-state index contributed by atoms with van der Waals surface area (Å²) in [6.07, 6.45) is 0.257. The summed E-state index contributed by atoms with van der Waals surface area (Å²) in [5, 5.41) is 0. The van der Waals surface area contributed by atoms with Gasteiger partial charge in [-0.1, -0.05) is 60.2 Å². The zero-order valence-electron chi connectivity index (χ0n) is 18.7. The van der Waals surface area contributed by atoms with E-state index in [4.69, 9.17) is 0 Å². The maximum Gasteiger partial charge on any atom is 0.202 e. The van der Waals surface area contributed by atoms with E-state index in [2.05, 4.69) is 0 Å². The highest BCUT2D eigenvalue weighted by Crippen LogP contribution is 2.56. The molecule has 5 rings (SSSR count). The largest absolute Gasteiger partial charge is 0.222 e. The number of hydrogen-bond donors (Lipinski definition) is 0. The summed E-state index contributed by atoms with van der Waals surface area (Å²) in [5.41, 5.74) is 0.649. The van der Waals surface area contributed by atoms with Gasteiger partial charge in [0, 0.05) is 6.42 Å². The summed E-state index contributed by atoms with van der Waals surface area (Å²) in [6.45, 7) is 0. The Morgan fingerprint density at radius 1 is 0.600 bits per heavy atom. The van der Waals surface area contributed by atoms with Crippen molar-refractivity contribution in [2.45, 2.75) is 44.4 Å². The third-order valence-electron chi connectivity index (χ3n) is 7.06. The summed E-state index contributed by atoms with van der Waals surface area (Å²) in [7, 11) is -13.1. The Morgan fingerprint density at radius 2 is 1.03 bits per heavy atom. The number of rotatable bonds is 6. The molecular formula is C26H24O6S3. The molecule has 1 atom stereocenters. The lowest BCUT2D eigenvalue weighted by Crippen LogP contribution is -2.52. The zero-order chi connectivity index (χ0) is 24.9. The Morgan fingerprint density at radius 3 is 1.43 bits per heavy atom. The van der Waals surface area contributed by atoms with E-state index in [0.717, 1.165) is 0 Å². The molecule has 0 aliphatic heterocycles. The second kappa shape index (κ2) is 8.43. The molecule has 1 fully saturated rings. The van der Waals surface area contributed by atoms with Crippen LogP contribution < -0.4 is 0 Å². The molecule has 0 N–H and O–H groups in total. The lowest BCUT2D eigenvalue weighted by atomic mass is 9.72. The van der Waals surface area contributed by atoms with E-state index in [1.165, 1.54) is 60.7 Å². The molecule has 6 nitrogen and oxygen atoms in total. The third-order valence-corrected chi connectivity index (χ3v) is 14.7. The van der Waals surface area contributed by atoms with Gasteiger partial charge in [-0.3, -0.25) is 0 Å². The number of hydrogen-bond acceptors (Lipinski definition) is 6. The number of benzene rings is 3. The van der Waals surface area contributed by atoms with Crippen molar-refractivity contribution >= 4 is 29.5 Å². The molecule has 0 radical (unpaired) electrons. The third kappa shape index (κ3) is 3.59. The van der Waals surface area contributed by atoms with Crippen LogP contribution in [0.5, 0.6) is 0 Å². The average Bonchev–Trinajstić information content (AvgIpc) is 2.86. The van der Waals surface area contributed by atoms with Crippen molar-refractivity contribution in [3.05, 3.63) is 101 Å². The Hall–Kier alpha value is -2.75. The summed E-state index contributed by atoms with van der Waals surface area (Å²) in [5.74, 6) is -0.436. The fraction of sp³-hybridized carbons (Fsp3) is 0.231. The van der Waals surface area contributed by atoms with Crippen LogP contribution in [0.25, 0.3) is 0 Å². The van der Waals surface area contributed by atoms with Gasteiger partial charge in [0.05, 0.1) is 19.6 Å². The smallest absolute Gasteiger partial charge is 0.202 e. The first kappa shape index (κ1) is 24.0. The fourth-order valence-electron chi connectivity index (χ4n) is 5.08. The number of sulfone groups is 3. The number of allylic oxidation sites excluding steroid dienone is 2. The van der Waals surface area contributed by atoms with Gasteiger partial charge < -0.3 is 0 Å².